The van der Waals surface area contributed by atoms with Gasteiger partial charge in [-0.25, -0.2) is 0 Å². The van der Waals surface area contributed by atoms with Crippen molar-refractivity contribution in [1.82, 2.24) is 5.32 Å². The van der Waals surface area contributed by atoms with Crippen LogP contribution in [0.3, 0.4) is 0 Å². The molecule has 0 aromatic heterocycles. The Morgan fingerprint density at radius 2 is 2.09 bits per heavy atom. The number of alkyl halides is 1. The van der Waals surface area contributed by atoms with Crippen LogP contribution in [0, 0.1) is 5.92 Å². The van der Waals surface area contributed by atoms with Crippen molar-refractivity contribution < 1.29 is 0 Å². The highest BCUT2D eigenvalue weighted by molar-refractivity contribution is 6.17. The zero-order valence-electron chi connectivity index (χ0n) is 7.11. The SMILES string of the molecule is ClCCCNCCC1CCC1. The molecule has 0 aromatic rings. The Morgan fingerprint density at radius 1 is 1.27 bits per heavy atom. The van der Waals surface area contributed by atoms with E-state index < -0.39 is 0 Å². The number of hydrogen-bond donors (Lipinski definition) is 1. The second kappa shape index (κ2) is 5.84. The van der Waals surface area contributed by atoms with Crippen molar-refractivity contribution in [3.63, 3.8) is 0 Å². The summed E-state index contributed by atoms with van der Waals surface area (Å²) in [5, 5.41) is 3.40. The summed E-state index contributed by atoms with van der Waals surface area (Å²) in [6, 6.07) is 0. The lowest BCUT2D eigenvalue weighted by Crippen LogP contribution is -2.22. The van der Waals surface area contributed by atoms with Crippen LogP contribution in [0.15, 0.2) is 0 Å². The lowest BCUT2D eigenvalue weighted by Gasteiger charge is -2.25. The van der Waals surface area contributed by atoms with Crippen molar-refractivity contribution in [3.8, 4) is 0 Å². The van der Waals surface area contributed by atoms with Crippen LogP contribution in [0.5, 0.6) is 0 Å². The molecule has 66 valence electrons. The number of rotatable bonds is 6. The van der Waals surface area contributed by atoms with E-state index in [1.165, 1.54) is 32.2 Å². The lowest BCUT2D eigenvalue weighted by molar-refractivity contribution is 0.292. The van der Waals surface area contributed by atoms with Gasteiger partial charge in [0, 0.05) is 5.88 Å². The molecule has 1 aliphatic carbocycles. The Labute approximate surface area is 74.5 Å². The second-order valence-corrected chi connectivity index (χ2v) is 3.76. The molecule has 1 rings (SSSR count). The van der Waals surface area contributed by atoms with Crippen LogP contribution in [0.1, 0.15) is 32.1 Å². The van der Waals surface area contributed by atoms with Gasteiger partial charge in [-0.2, -0.15) is 0 Å². The number of hydrogen-bond acceptors (Lipinski definition) is 1. The molecule has 0 saturated heterocycles. The van der Waals surface area contributed by atoms with Crippen LogP contribution < -0.4 is 5.32 Å². The molecule has 2 heteroatoms. The Morgan fingerprint density at radius 3 is 2.64 bits per heavy atom. The maximum absolute atomic E-state index is 5.54. The molecule has 0 atom stereocenters. The third-order valence-corrected chi connectivity index (χ3v) is 2.71. The molecule has 0 unspecified atom stereocenters. The van der Waals surface area contributed by atoms with Gasteiger partial charge in [0.05, 0.1) is 0 Å². The summed E-state index contributed by atoms with van der Waals surface area (Å²) in [5.41, 5.74) is 0. The molecular weight excluding hydrogens is 158 g/mol. The van der Waals surface area contributed by atoms with Gasteiger partial charge < -0.3 is 5.32 Å². The lowest BCUT2D eigenvalue weighted by atomic mass is 9.83. The molecule has 0 aromatic carbocycles. The maximum Gasteiger partial charge on any atom is 0.0235 e. The minimum absolute atomic E-state index is 0.788. The topological polar surface area (TPSA) is 12.0 Å². The molecule has 11 heavy (non-hydrogen) atoms. The molecule has 0 heterocycles. The molecule has 1 fully saturated rings. The summed E-state index contributed by atoms with van der Waals surface area (Å²) in [7, 11) is 0. The fraction of sp³-hybridized carbons (Fsp3) is 1.00. The summed E-state index contributed by atoms with van der Waals surface area (Å²) in [5.74, 6) is 1.83. The van der Waals surface area contributed by atoms with E-state index >= 15 is 0 Å². The van der Waals surface area contributed by atoms with Gasteiger partial charge in [-0.05, 0) is 31.8 Å². The van der Waals surface area contributed by atoms with Gasteiger partial charge in [0.25, 0.3) is 0 Å². The summed E-state index contributed by atoms with van der Waals surface area (Å²) in [4.78, 5) is 0. The van der Waals surface area contributed by atoms with Crippen molar-refractivity contribution in [2.75, 3.05) is 19.0 Å². The van der Waals surface area contributed by atoms with Crippen LogP contribution in [-0.4, -0.2) is 19.0 Å². The summed E-state index contributed by atoms with van der Waals surface area (Å²) in [6.07, 6.45) is 6.88. The molecule has 1 N–H and O–H groups in total. The van der Waals surface area contributed by atoms with Crippen LogP contribution in [0.2, 0.25) is 0 Å². The van der Waals surface area contributed by atoms with Gasteiger partial charge in [0.2, 0.25) is 0 Å². The van der Waals surface area contributed by atoms with E-state index in [2.05, 4.69) is 5.32 Å². The fourth-order valence-electron chi connectivity index (χ4n) is 1.40. The fourth-order valence-corrected chi connectivity index (χ4v) is 1.54. The quantitative estimate of drug-likeness (QED) is 0.483. The summed E-state index contributed by atoms with van der Waals surface area (Å²) < 4.78 is 0. The summed E-state index contributed by atoms with van der Waals surface area (Å²) in [6.45, 7) is 2.29. The zero-order valence-corrected chi connectivity index (χ0v) is 7.87. The van der Waals surface area contributed by atoms with Crippen LogP contribution in [0.4, 0.5) is 0 Å². The van der Waals surface area contributed by atoms with E-state index in [-0.39, 0.29) is 0 Å². The first-order chi connectivity index (χ1) is 5.43. The first-order valence-corrected chi connectivity index (χ1v) is 5.23. The molecule has 0 spiro atoms. The standard InChI is InChI=1S/C9H18ClN/c10-6-2-7-11-8-5-9-3-1-4-9/h9,11H,1-8H2. The molecule has 1 nitrogen and oxygen atoms in total. The third-order valence-electron chi connectivity index (χ3n) is 2.44. The monoisotopic (exact) mass is 175 g/mol. The molecule has 1 saturated carbocycles. The predicted octanol–water partition coefficient (Wildman–Crippen LogP) is 2.40. The van der Waals surface area contributed by atoms with E-state index in [0.29, 0.717) is 0 Å². The predicted molar refractivity (Wildman–Crippen MR) is 50.2 cm³/mol. The first-order valence-electron chi connectivity index (χ1n) is 4.70. The van der Waals surface area contributed by atoms with Gasteiger partial charge in [-0.3, -0.25) is 0 Å². The van der Waals surface area contributed by atoms with Crippen LogP contribution in [-0.2, 0) is 0 Å². The van der Waals surface area contributed by atoms with E-state index in [4.69, 9.17) is 11.6 Å². The maximum atomic E-state index is 5.54. The first kappa shape index (κ1) is 9.34. The molecule has 0 radical (unpaired) electrons. The third kappa shape index (κ3) is 3.97. The average Bonchev–Trinajstić information content (AvgIpc) is 1.93. The van der Waals surface area contributed by atoms with Gasteiger partial charge >= 0.3 is 0 Å². The highest BCUT2D eigenvalue weighted by atomic mass is 35.5. The Balaban J connectivity index is 1.73. The van der Waals surface area contributed by atoms with Crippen LogP contribution >= 0.6 is 11.6 Å². The van der Waals surface area contributed by atoms with E-state index in [9.17, 15) is 0 Å². The highest BCUT2D eigenvalue weighted by Crippen LogP contribution is 2.28. The Kier molecular flexibility index (Phi) is 4.96. The number of nitrogens with one attached hydrogen (secondary N) is 1. The average molecular weight is 176 g/mol. The highest BCUT2D eigenvalue weighted by Gasteiger charge is 2.15. The van der Waals surface area contributed by atoms with Crippen molar-refractivity contribution >= 4 is 11.6 Å². The largest absolute Gasteiger partial charge is 0.317 e. The molecular formula is C9H18ClN. The van der Waals surface area contributed by atoms with Crippen LogP contribution in [0.25, 0.3) is 0 Å². The normalized spacial score (nSPS) is 18.3. The smallest absolute Gasteiger partial charge is 0.0235 e. The van der Waals surface area contributed by atoms with E-state index in [0.717, 1.165) is 24.8 Å². The van der Waals surface area contributed by atoms with Gasteiger partial charge in [0.15, 0.2) is 0 Å². The minimum Gasteiger partial charge on any atom is -0.317 e. The van der Waals surface area contributed by atoms with E-state index in [1.54, 1.807) is 0 Å². The van der Waals surface area contributed by atoms with E-state index in [1.807, 2.05) is 0 Å². The number of halogens is 1. The van der Waals surface area contributed by atoms with Crippen molar-refractivity contribution in [1.29, 1.82) is 0 Å². The Hall–Kier alpha value is 0.250. The zero-order chi connectivity index (χ0) is 7.94. The molecule has 1 aliphatic rings. The van der Waals surface area contributed by atoms with Gasteiger partial charge in [-0.1, -0.05) is 19.3 Å². The Bertz CT molecular complexity index is 91.6. The van der Waals surface area contributed by atoms with Crippen molar-refractivity contribution in [3.05, 3.63) is 0 Å². The molecule has 0 amide bonds. The van der Waals surface area contributed by atoms with Gasteiger partial charge in [-0.15, -0.1) is 11.6 Å². The van der Waals surface area contributed by atoms with Gasteiger partial charge in [0.1, 0.15) is 0 Å². The second-order valence-electron chi connectivity index (χ2n) is 3.38. The summed E-state index contributed by atoms with van der Waals surface area (Å²) >= 11 is 5.54. The molecule has 0 aliphatic heterocycles. The van der Waals surface area contributed by atoms with Crippen molar-refractivity contribution in [2.45, 2.75) is 32.1 Å². The minimum atomic E-state index is 0.788. The molecule has 0 bridgehead atoms. The van der Waals surface area contributed by atoms with Crippen molar-refractivity contribution in [2.24, 2.45) is 5.92 Å².